The van der Waals surface area contributed by atoms with Crippen LogP contribution in [-0.4, -0.2) is 6.10 Å². The monoisotopic (exact) mass is 272 g/mol. The van der Waals surface area contributed by atoms with Crippen molar-refractivity contribution in [3.8, 4) is 0 Å². The van der Waals surface area contributed by atoms with Crippen molar-refractivity contribution in [2.24, 2.45) is 10.8 Å². The fourth-order valence-electron chi connectivity index (χ4n) is 2.59. The molecule has 0 amide bonds. The third-order valence-corrected chi connectivity index (χ3v) is 4.06. The summed E-state index contributed by atoms with van der Waals surface area (Å²) in [6.45, 7) is 13.6. The van der Waals surface area contributed by atoms with Gasteiger partial charge in [-0.25, -0.2) is 0 Å². The molecule has 0 spiro atoms. The molecular formula is C19H28O. The summed E-state index contributed by atoms with van der Waals surface area (Å²) in [7, 11) is 0. The van der Waals surface area contributed by atoms with Gasteiger partial charge in [0.2, 0.25) is 0 Å². The summed E-state index contributed by atoms with van der Waals surface area (Å²) in [4.78, 5) is 0. The summed E-state index contributed by atoms with van der Waals surface area (Å²) in [5.41, 5.74) is 3.14. The largest absolute Gasteiger partial charge is 0.365 e. The molecule has 20 heavy (non-hydrogen) atoms. The van der Waals surface area contributed by atoms with Crippen LogP contribution >= 0.6 is 0 Å². The molecule has 0 saturated carbocycles. The van der Waals surface area contributed by atoms with Crippen LogP contribution in [0.1, 0.15) is 59.6 Å². The number of hydrogen-bond donors (Lipinski definition) is 0. The van der Waals surface area contributed by atoms with Crippen molar-refractivity contribution in [2.75, 3.05) is 0 Å². The van der Waals surface area contributed by atoms with Crippen LogP contribution in [0.15, 0.2) is 42.0 Å². The van der Waals surface area contributed by atoms with Gasteiger partial charge in [0.25, 0.3) is 0 Å². The van der Waals surface area contributed by atoms with E-state index in [2.05, 4.69) is 78.0 Å². The molecule has 0 N–H and O–H groups in total. The first kappa shape index (κ1) is 15.3. The smallest absolute Gasteiger partial charge is 0.0870 e. The second-order valence-electron chi connectivity index (χ2n) is 7.97. The van der Waals surface area contributed by atoms with Gasteiger partial charge in [-0.05, 0) is 22.8 Å². The van der Waals surface area contributed by atoms with E-state index in [0.717, 1.165) is 6.42 Å². The lowest BCUT2D eigenvalue weighted by Gasteiger charge is -2.40. The lowest BCUT2D eigenvalue weighted by molar-refractivity contribution is -0.0529. The Balaban J connectivity index is 2.34. The van der Waals surface area contributed by atoms with Gasteiger partial charge in [-0.2, -0.15) is 0 Å². The van der Waals surface area contributed by atoms with Crippen LogP contribution in [0.25, 0.3) is 0 Å². The minimum absolute atomic E-state index is 0.129. The maximum absolute atomic E-state index is 6.39. The van der Waals surface area contributed by atoms with Gasteiger partial charge in [-0.3, -0.25) is 0 Å². The minimum atomic E-state index is 0.129. The van der Waals surface area contributed by atoms with Gasteiger partial charge >= 0.3 is 0 Å². The average molecular weight is 272 g/mol. The molecule has 0 saturated heterocycles. The molecule has 1 aliphatic heterocycles. The molecule has 0 fully saturated rings. The Hall–Kier alpha value is -1.08. The number of hydrogen-bond acceptors (Lipinski definition) is 1. The molecule has 1 unspecified atom stereocenters. The second-order valence-corrected chi connectivity index (χ2v) is 7.97. The van der Waals surface area contributed by atoms with Gasteiger partial charge < -0.3 is 4.74 Å². The normalized spacial score (nSPS) is 24.4. The Morgan fingerprint density at radius 2 is 1.55 bits per heavy atom. The number of ether oxygens (including phenoxy) is 1. The molecule has 110 valence electrons. The van der Waals surface area contributed by atoms with E-state index < -0.39 is 0 Å². The molecule has 0 bridgehead atoms. The molecule has 1 aliphatic rings. The van der Waals surface area contributed by atoms with Crippen LogP contribution < -0.4 is 0 Å². The van der Waals surface area contributed by atoms with Crippen LogP contribution in [0, 0.1) is 10.8 Å². The van der Waals surface area contributed by atoms with Crippen molar-refractivity contribution >= 4 is 0 Å². The van der Waals surface area contributed by atoms with Gasteiger partial charge in [0.05, 0.1) is 12.2 Å². The predicted octanol–water partition coefficient (Wildman–Crippen LogP) is 5.54. The zero-order chi connectivity index (χ0) is 15.0. The Morgan fingerprint density at radius 3 is 2.05 bits per heavy atom. The molecule has 1 aromatic carbocycles. The SMILES string of the molecule is CC(C)(C)C1=CC(C(C)(C)C)O[C@@H](c2ccccc2)C1. The molecule has 0 radical (unpaired) electrons. The lowest BCUT2D eigenvalue weighted by Crippen LogP contribution is -2.34. The van der Waals surface area contributed by atoms with Crippen molar-refractivity contribution in [1.82, 2.24) is 0 Å². The zero-order valence-corrected chi connectivity index (χ0v) is 13.7. The van der Waals surface area contributed by atoms with Crippen molar-refractivity contribution in [3.05, 3.63) is 47.5 Å². The van der Waals surface area contributed by atoms with Crippen LogP contribution in [0.2, 0.25) is 0 Å². The van der Waals surface area contributed by atoms with Gasteiger partial charge in [0.1, 0.15) is 0 Å². The molecule has 2 rings (SSSR count). The Bertz CT molecular complexity index is 471. The highest BCUT2D eigenvalue weighted by molar-refractivity contribution is 5.25. The maximum Gasteiger partial charge on any atom is 0.0870 e. The van der Waals surface area contributed by atoms with Crippen LogP contribution in [-0.2, 0) is 4.74 Å². The van der Waals surface area contributed by atoms with E-state index in [-0.39, 0.29) is 23.0 Å². The Morgan fingerprint density at radius 1 is 0.950 bits per heavy atom. The van der Waals surface area contributed by atoms with Gasteiger partial charge in [-0.15, -0.1) is 0 Å². The molecule has 1 nitrogen and oxygen atoms in total. The third kappa shape index (κ3) is 3.52. The van der Waals surface area contributed by atoms with Crippen molar-refractivity contribution in [1.29, 1.82) is 0 Å². The Kier molecular flexibility index (Phi) is 4.11. The van der Waals surface area contributed by atoms with Crippen molar-refractivity contribution in [2.45, 2.75) is 60.2 Å². The minimum Gasteiger partial charge on any atom is -0.365 e. The van der Waals surface area contributed by atoms with E-state index in [4.69, 9.17) is 4.74 Å². The summed E-state index contributed by atoms with van der Waals surface area (Å²) in [5, 5.41) is 0. The highest BCUT2D eigenvalue weighted by Gasteiger charge is 2.34. The first-order valence-corrected chi connectivity index (χ1v) is 7.59. The van der Waals surface area contributed by atoms with Crippen molar-refractivity contribution in [3.63, 3.8) is 0 Å². The summed E-state index contributed by atoms with van der Waals surface area (Å²) < 4.78 is 6.39. The molecule has 1 heterocycles. The average Bonchev–Trinajstić information content (AvgIpc) is 2.37. The highest BCUT2D eigenvalue weighted by atomic mass is 16.5. The summed E-state index contributed by atoms with van der Waals surface area (Å²) in [6.07, 6.45) is 3.72. The molecule has 0 aliphatic carbocycles. The van der Waals surface area contributed by atoms with Crippen LogP contribution in [0.4, 0.5) is 0 Å². The van der Waals surface area contributed by atoms with E-state index in [0.29, 0.717) is 0 Å². The lowest BCUT2D eigenvalue weighted by atomic mass is 9.76. The highest BCUT2D eigenvalue weighted by Crippen LogP contribution is 2.42. The van der Waals surface area contributed by atoms with Crippen molar-refractivity contribution < 1.29 is 4.74 Å². The second kappa shape index (κ2) is 5.37. The quantitative estimate of drug-likeness (QED) is 0.610. The number of benzene rings is 1. The molecule has 1 heteroatoms. The standard InChI is InChI=1S/C19H28O/c1-18(2,3)15-12-16(14-10-8-7-9-11-14)20-17(13-15)19(4,5)6/h7-11,13,16-17H,12H2,1-6H3/t16-,17?/m1/s1. The van der Waals surface area contributed by atoms with Gasteiger partial charge in [0.15, 0.2) is 0 Å². The molecule has 1 aromatic rings. The summed E-state index contributed by atoms with van der Waals surface area (Å²) in [5.74, 6) is 0. The molecule has 0 aromatic heterocycles. The van der Waals surface area contributed by atoms with E-state index in [9.17, 15) is 0 Å². The van der Waals surface area contributed by atoms with E-state index in [1.807, 2.05) is 0 Å². The molecule has 2 atom stereocenters. The topological polar surface area (TPSA) is 9.23 Å². The fourth-order valence-corrected chi connectivity index (χ4v) is 2.59. The fraction of sp³-hybridized carbons (Fsp3) is 0.579. The van der Waals surface area contributed by atoms with Gasteiger partial charge in [-0.1, -0.05) is 83.5 Å². The van der Waals surface area contributed by atoms with E-state index in [1.165, 1.54) is 11.1 Å². The molecular weight excluding hydrogens is 244 g/mol. The Labute approximate surface area is 124 Å². The van der Waals surface area contributed by atoms with Gasteiger partial charge in [0, 0.05) is 0 Å². The predicted molar refractivity (Wildman–Crippen MR) is 85.7 cm³/mol. The van der Waals surface area contributed by atoms with Crippen LogP contribution in [0.5, 0.6) is 0 Å². The number of rotatable bonds is 1. The third-order valence-electron chi connectivity index (χ3n) is 4.06. The van der Waals surface area contributed by atoms with E-state index in [1.54, 1.807) is 0 Å². The first-order valence-electron chi connectivity index (χ1n) is 7.59. The van der Waals surface area contributed by atoms with Crippen LogP contribution in [0.3, 0.4) is 0 Å². The summed E-state index contributed by atoms with van der Waals surface area (Å²) in [6, 6.07) is 10.6. The zero-order valence-electron chi connectivity index (χ0n) is 13.7. The van der Waals surface area contributed by atoms with E-state index >= 15 is 0 Å². The summed E-state index contributed by atoms with van der Waals surface area (Å²) >= 11 is 0. The maximum atomic E-state index is 6.39. The first-order chi connectivity index (χ1) is 9.18.